The van der Waals surface area contributed by atoms with E-state index in [-0.39, 0.29) is 18.8 Å². The molecule has 0 aliphatic carbocycles. The number of carbonyl (C=O) groups is 1. The van der Waals surface area contributed by atoms with Gasteiger partial charge in [-0.05, 0) is 55.9 Å². The molecular weight excluding hydrogens is 350 g/mol. The summed E-state index contributed by atoms with van der Waals surface area (Å²) in [6, 6.07) is 14.7. The van der Waals surface area contributed by atoms with Crippen molar-refractivity contribution in [3.63, 3.8) is 0 Å². The van der Waals surface area contributed by atoms with Gasteiger partial charge in [0, 0.05) is 25.7 Å². The molecule has 0 atom stereocenters. The van der Waals surface area contributed by atoms with E-state index in [9.17, 15) is 4.79 Å². The number of nitrogens with one attached hydrogen (secondary N) is 2. The lowest BCUT2D eigenvalue weighted by molar-refractivity contribution is 0.183. The monoisotopic (exact) mass is 381 g/mol. The second-order valence-corrected chi connectivity index (χ2v) is 7.63. The minimum absolute atomic E-state index is 0.163. The number of likely N-dealkylation sites (tertiary alicyclic amines) is 1. The van der Waals surface area contributed by atoms with Gasteiger partial charge in [0.15, 0.2) is 6.73 Å². The molecule has 28 heavy (non-hydrogen) atoms. The SMILES string of the molecule is Cc1ccc(C)c(OCNC(=O)NC2CCN(Cc3ccccc3)CC2)c1C. The van der Waals surface area contributed by atoms with E-state index in [1.165, 1.54) is 11.1 Å². The zero-order valence-corrected chi connectivity index (χ0v) is 17.1. The van der Waals surface area contributed by atoms with Crippen molar-refractivity contribution in [3.8, 4) is 5.75 Å². The fraction of sp³-hybridized carbons (Fsp3) is 0.435. The van der Waals surface area contributed by atoms with Crippen LogP contribution < -0.4 is 15.4 Å². The second kappa shape index (κ2) is 9.60. The molecule has 1 aliphatic heterocycles. The molecule has 0 aromatic heterocycles. The molecule has 3 rings (SSSR count). The summed E-state index contributed by atoms with van der Waals surface area (Å²) in [7, 11) is 0. The molecule has 0 saturated carbocycles. The lowest BCUT2D eigenvalue weighted by Crippen LogP contribution is -2.48. The Kier molecular flexibility index (Phi) is 6.93. The van der Waals surface area contributed by atoms with Crippen molar-refractivity contribution in [1.82, 2.24) is 15.5 Å². The Labute approximate surface area is 168 Å². The number of amides is 2. The molecule has 0 radical (unpaired) electrons. The van der Waals surface area contributed by atoms with E-state index in [4.69, 9.17) is 4.74 Å². The van der Waals surface area contributed by atoms with Crippen LogP contribution in [0.1, 0.15) is 35.1 Å². The largest absolute Gasteiger partial charge is 0.473 e. The van der Waals surface area contributed by atoms with E-state index in [1.54, 1.807) is 0 Å². The molecule has 0 spiro atoms. The number of rotatable bonds is 6. The number of carbonyl (C=O) groups excluding carboxylic acids is 1. The summed E-state index contributed by atoms with van der Waals surface area (Å²) in [5.74, 6) is 0.856. The van der Waals surface area contributed by atoms with Gasteiger partial charge in [-0.3, -0.25) is 4.90 Å². The first kappa shape index (κ1) is 20.2. The van der Waals surface area contributed by atoms with Crippen molar-refractivity contribution in [1.29, 1.82) is 0 Å². The van der Waals surface area contributed by atoms with Gasteiger partial charge in [-0.25, -0.2) is 4.79 Å². The quantitative estimate of drug-likeness (QED) is 0.746. The van der Waals surface area contributed by atoms with E-state index in [1.807, 2.05) is 26.0 Å². The van der Waals surface area contributed by atoms with Crippen LogP contribution in [0.15, 0.2) is 42.5 Å². The molecule has 1 saturated heterocycles. The summed E-state index contributed by atoms with van der Waals surface area (Å²) in [5.41, 5.74) is 4.72. The van der Waals surface area contributed by atoms with Gasteiger partial charge >= 0.3 is 6.03 Å². The summed E-state index contributed by atoms with van der Waals surface area (Å²) in [6.45, 7) is 9.26. The van der Waals surface area contributed by atoms with Crippen molar-refractivity contribution in [2.45, 2.75) is 46.2 Å². The maximum atomic E-state index is 12.2. The van der Waals surface area contributed by atoms with Gasteiger partial charge in [0.1, 0.15) is 5.75 Å². The molecular formula is C23H31N3O2. The van der Waals surface area contributed by atoms with Gasteiger partial charge in [-0.2, -0.15) is 0 Å². The first-order valence-corrected chi connectivity index (χ1v) is 10.0. The number of hydrogen-bond donors (Lipinski definition) is 2. The number of urea groups is 1. The Morgan fingerprint density at radius 1 is 1.04 bits per heavy atom. The number of nitrogens with zero attached hydrogens (tertiary/aromatic N) is 1. The standard InChI is InChI=1S/C23H31N3O2/c1-17-9-10-18(2)22(19(17)3)28-16-24-23(27)25-21-11-13-26(14-12-21)15-20-7-5-4-6-8-20/h4-10,21H,11-16H2,1-3H3,(H2,24,25,27). The number of piperidine rings is 1. The van der Waals surface area contributed by atoms with Gasteiger partial charge in [-0.15, -0.1) is 0 Å². The minimum Gasteiger partial charge on any atom is -0.473 e. The van der Waals surface area contributed by atoms with Gasteiger partial charge in [-0.1, -0.05) is 42.5 Å². The fourth-order valence-corrected chi connectivity index (χ4v) is 3.63. The van der Waals surface area contributed by atoms with Crippen LogP contribution in [0, 0.1) is 20.8 Å². The average molecular weight is 382 g/mol. The van der Waals surface area contributed by atoms with Crippen LogP contribution in [0.2, 0.25) is 0 Å². The fourth-order valence-electron chi connectivity index (χ4n) is 3.63. The molecule has 1 aliphatic rings. The van der Waals surface area contributed by atoms with Crippen molar-refractivity contribution in [3.05, 3.63) is 64.7 Å². The highest BCUT2D eigenvalue weighted by atomic mass is 16.5. The molecule has 1 fully saturated rings. The third-order valence-corrected chi connectivity index (χ3v) is 5.49. The van der Waals surface area contributed by atoms with E-state index in [0.29, 0.717) is 0 Å². The second-order valence-electron chi connectivity index (χ2n) is 7.63. The first-order chi connectivity index (χ1) is 13.5. The number of hydrogen-bond acceptors (Lipinski definition) is 3. The molecule has 0 bridgehead atoms. The highest BCUT2D eigenvalue weighted by molar-refractivity contribution is 5.74. The van der Waals surface area contributed by atoms with Crippen molar-refractivity contribution in [2.75, 3.05) is 19.8 Å². The zero-order chi connectivity index (χ0) is 19.9. The van der Waals surface area contributed by atoms with Crippen LogP contribution in [0.25, 0.3) is 0 Å². The third kappa shape index (κ3) is 5.49. The molecule has 5 nitrogen and oxygen atoms in total. The topological polar surface area (TPSA) is 53.6 Å². The first-order valence-electron chi connectivity index (χ1n) is 10.0. The highest BCUT2D eigenvalue weighted by Gasteiger charge is 2.20. The predicted octanol–water partition coefficient (Wildman–Crippen LogP) is 3.91. The van der Waals surface area contributed by atoms with Crippen LogP contribution in [0.5, 0.6) is 5.75 Å². The molecule has 150 valence electrons. The molecule has 2 aromatic rings. The number of ether oxygens (including phenoxy) is 1. The Morgan fingerprint density at radius 3 is 2.43 bits per heavy atom. The Balaban J connectivity index is 1.37. The Morgan fingerprint density at radius 2 is 1.71 bits per heavy atom. The molecule has 0 unspecified atom stereocenters. The number of benzene rings is 2. The van der Waals surface area contributed by atoms with Gasteiger partial charge in [0.2, 0.25) is 0 Å². The van der Waals surface area contributed by atoms with Gasteiger partial charge < -0.3 is 15.4 Å². The van der Waals surface area contributed by atoms with Crippen molar-refractivity contribution in [2.24, 2.45) is 0 Å². The van der Waals surface area contributed by atoms with E-state index in [2.05, 4.69) is 52.8 Å². The Hall–Kier alpha value is -2.53. The summed E-state index contributed by atoms with van der Waals surface area (Å²) >= 11 is 0. The van der Waals surface area contributed by atoms with Crippen LogP contribution in [-0.2, 0) is 6.54 Å². The van der Waals surface area contributed by atoms with Crippen LogP contribution in [0.3, 0.4) is 0 Å². The zero-order valence-electron chi connectivity index (χ0n) is 17.1. The van der Waals surface area contributed by atoms with Crippen LogP contribution in [-0.4, -0.2) is 36.8 Å². The average Bonchev–Trinajstić information content (AvgIpc) is 2.70. The molecule has 5 heteroatoms. The molecule has 2 amide bonds. The summed E-state index contributed by atoms with van der Waals surface area (Å²) in [6.07, 6.45) is 1.94. The lowest BCUT2D eigenvalue weighted by atomic mass is 10.0. The van der Waals surface area contributed by atoms with E-state index >= 15 is 0 Å². The summed E-state index contributed by atoms with van der Waals surface area (Å²) in [5, 5.41) is 5.89. The predicted molar refractivity (Wildman–Crippen MR) is 113 cm³/mol. The Bertz CT molecular complexity index is 784. The molecule has 2 aromatic carbocycles. The van der Waals surface area contributed by atoms with Crippen LogP contribution >= 0.6 is 0 Å². The lowest BCUT2D eigenvalue weighted by Gasteiger charge is -2.32. The summed E-state index contributed by atoms with van der Waals surface area (Å²) in [4.78, 5) is 14.6. The van der Waals surface area contributed by atoms with Crippen LogP contribution in [0.4, 0.5) is 4.79 Å². The van der Waals surface area contributed by atoms with E-state index < -0.39 is 0 Å². The van der Waals surface area contributed by atoms with E-state index in [0.717, 1.165) is 49.4 Å². The normalized spacial score (nSPS) is 15.2. The van der Waals surface area contributed by atoms with Gasteiger partial charge in [0.05, 0.1) is 0 Å². The molecule has 2 N–H and O–H groups in total. The smallest absolute Gasteiger partial charge is 0.317 e. The summed E-state index contributed by atoms with van der Waals surface area (Å²) < 4.78 is 5.81. The van der Waals surface area contributed by atoms with Crippen molar-refractivity contribution < 1.29 is 9.53 Å². The highest BCUT2D eigenvalue weighted by Crippen LogP contribution is 2.25. The van der Waals surface area contributed by atoms with Crippen molar-refractivity contribution >= 4 is 6.03 Å². The maximum absolute atomic E-state index is 12.2. The third-order valence-electron chi connectivity index (χ3n) is 5.49. The molecule has 1 heterocycles. The van der Waals surface area contributed by atoms with Gasteiger partial charge in [0.25, 0.3) is 0 Å². The number of aryl methyl sites for hydroxylation is 2. The maximum Gasteiger partial charge on any atom is 0.317 e. The minimum atomic E-state index is -0.163.